The van der Waals surface area contributed by atoms with Crippen molar-refractivity contribution in [3.63, 3.8) is 0 Å². The number of piperazine rings is 1. The molecule has 2 aromatic rings. The molecule has 0 atom stereocenters. The summed E-state index contributed by atoms with van der Waals surface area (Å²) in [7, 11) is 0. The number of rotatable bonds is 5. The monoisotopic (exact) mass is 360 g/mol. The van der Waals surface area contributed by atoms with E-state index in [0.29, 0.717) is 13.1 Å². The number of alkyl halides is 2. The number of nitrogens with zero attached hydrogens (tertiary/aromatic N) is 2. The van der Waals surface area contributed by atoms with E-state index in [1.165, 1.54) is 23.3 Å². The quantitative estimate of drug-likeness (QED) is 0.817. The van der Waals surface area contributed by atoms with E-state index in [0.717, 1.165) is 19.6 Å². The molecule has 1 fully saturated rings. The fourth-order valence-electron chi connectivity index (χ4n) is 3.15. The summed E-state index contributed by atoms with van der Waals surface area (Å²) < 4.78 is 29.6. The van der Waals surface area contributed by atoms with Gasteiger partial charge in [0.2, 0.25) is 0 Å². The van der Waals surface area contributed by atoms with Crippen LogP contribution in [0.25, 0.3) is 0 Å². The summed E-state index contributed by atoms with van der Waals surface area (Å²) in [5, 5.41) is 0. The van der Waals surface area contributed by atoms with Gasteiger partial charge in [-0.25, -0.2) is 0 Å². The van der Waals surface area contributed by atoms with Gasteiger partial charge in [-0.3, -0.25) is 9.69 Å². The Labute approximate surface area is 152 Å². The van der Waals surface area contributed by atoms with Crippen LogP contribution in [0, 0.1) is 6.92 Å². The topological polar surface area (TPSA) is 32.8 Å². The van der Waals surface area contributed by atoms with Gasteiger partial charge in [-0.2, -0.15) is 8.78 Å². The lowest BCUT2D eigenvalue weighted by Crippen LogP contribution is -2.48. The average Bonchev–Trinajstić information content (AvgIpc) is 2.64. The fraction of sp³-hybridized carbons (Fsp3) is 0.350. The standard InChI is InChI=1S/C20H22F2N2O2/c1-15-6-2-3-7-16(15)14-23-10-12-24(13-11-23)19(25)17-8-4-5-9-18(17)26-20(21)22/h2-9,20H,10-14H2,1H3. The Balaban J connectivity index is 1.61. The van der Waals surface area contributed by atoms with E-state index >= 15 is 0 Å². The van der Waals surface area contributed by atoms with Gasteiger partial charge < -0.3 is 9.64 Å². The predicted octanol–water partition coefficient (Wildman–Crippen LogP) is 3.55. The summed E-state index contributed by atoms with van der Waals surface area (Å²) in [5.41, 5.74) is 2.71. The third-order valence-corrected chi connectivity index (χ3v) is 4.65. The number of halogens is 2. The number of aryl methyl sites for hydroxylation is 1. The first-order valence-electron chi connectivity index (χ1n) is 8.64. The van der Waals surface area contributed by atoms with Crippen LogP contribution in [0.2, 0.25) is 0 Å². The Hall–Kier alpha value is -2.47. The molecule has 0 N–H and O–H groups in total. The van der Waals surface area contributed by atoms with Crippen LogP contribution in [0.4, 0.5) is 8.78 Å². The summed E-state index contributed by atoms with van der Waals surface area (Å²) >= 11 is 0. The van der Waals surface area contributed by atoms with Gasteiger partial charge in [-0.1, -0.05) is 36.4 Å². The molecule has 1 aliphatic rings. The minimum atomic E-state index is -2.95. The van der Waals surface area contributed by atoms with Crippen molar-refractivity contribution in [1.82, 2.24) is 9.80 Å². The highest BCUT2D eigenvalue weighted by atomic mass is 19.3. The second kappa shape index (κ2) is 8.27. The molecular formula is C20H22F2N2O2. The van der Waals surface area contributed by atoms with Crippen LogP contribution in [-0.4, -0.2) is 48.5 Å². The Morgan fingerprint density at radius 1 is 1.04 bits per heavy atom. The molecule has 6 heteroatoms. The number of carbonyl (C=O) groups is 1. The molecule has 138 valence electrons. The second-order valence-corrected chi connectivity index (χ2v) is 6.37. The summed E-state index contributed by atoms with van der Waals surface area (Å²) in [6.45, 7) is 2.61. The van der Waals surface area contributed by atoms with Gasteiger partial charge in [0.1, 0.15) is 5.75 Å². The number of hydrogen-bond acceptors (Lipinski definition) is 3. The van der Waals surface area contributed by atoms with Crippen molar-refractivity contribution in [3.05, 3.63) is 65.2 Å². The average molecular weight is 360 g/mol. The minimum Gasteiger partial charge on any atom is -0.434 e. The second-order valence-electron chi connectivity index (χ2n) is 6.37. The zero-order valence-electron chi connectivity index (χ0n) is 14.7. The van der Waals surface area contributed by atoms with Gasteiger partial charge in [0.15, 0.2) is 0 Å². The summed E-state index contributed by atoms with van der Waals surface area (Å²) in [6, 6.07) is 14.4. The van der Waals surface area contributed by atoms with Gasteiger partial charge >= 0.3 is 6.61 Å². The number of amides is 1. The molecule has 0 aromatic heterocycles. The predicted molar refractivity (Wildman–Crippen MR) is 95.4 cm³/mol. The molecule has 1 aliphatic heterocycles. The maximum Gasteiger partial charge on any atom is 0.387 e. The molecule has 0 bridgehead atoms. The first kappa shape index (κ1) is 18.3. The Morgan fingerprint density at radius 2 is 1.69 bits per heavy atom. The van der Waals surface area contributed by atoms with Crippen LogP contribution in [0.3, 0.4) is 0 Å². The van der Waals surface area contributed by atoms with Gasteiger partial charge in [-0.15, -0.1) is 0 Å². The largest absolute Gasteiger partial charge is 0.434 e. The molecule has 3 rings (SSSR count). The lowest BCUT2D eigenvalue weighted by molar-refractivity contribution is -0.0503. The third-order valence-electron chi connectivity index (χ3n) is 4.65. The van der Waals surface area contributed by atoms with Gasteiger partial charge in [0.25, 0.3) is 5.91 Å². The highest BCUT2D eigenvalue weighted by Gasteiger charge is 2.25. The molecule has 0 aliphatic carbocycles. The van der Waals surface area contributed by atoms with Crippen molar-refractivity contribution in [1.29, 1.82) is 0 Å². The van der Waals surface area contributed by atoms with Crippen molar-refractivity contribution < 1.29 is 18.3 Å². The SMILES string of the molecule is Cc1ccccc1CN1CCN(C(=O)c2ccccc2OC(F)F)CC1. The highest BCUT2D eigenvalue weighted by molar-refractivity contribution is 5.97. The third kappa shape index (κ3) is 4.38. The lowest BCUT2D eigenvalue weighted by Gasteiger charge is -2.35. The Kier molecular flexibility index (Phi) is 5.83. The lowest BCUT2D eigenvalue weighted by atomic mass is 10.1. The maximum atomic E-state index is 12.7. The van der Waals surface area contributed by atoms with Gasteiger partial charge in [-0.05, 0) is 30.2 Å². The van der Waals surface area contributed by atoms with Crippen molar-refractivity contribution in [2.75, 3.05) is 26.2 Å². The van der Waals surface area contributed by atoms with Crippen LogP contribution in [0.5, 0.6) is 5.75 Å². The molecule has 0 spiro atoms. The molecule has 26 heavy (non-hydrogen) atoms. The number of carbonyl (C=O) groups excluding carboxylic acids is 1. The zero-order chi connectivity index (χ0) is 18.5. The maximum absolute atomic E-state index is 12.7. The fourth-order valence-corrected chi connectivity index (χ4v) is 3.15. The summed E-state index contributed by atoms with van der Waals surface area (Å²) in [4.78, 5) is 16.7. The molecule has 1 saturated heterocycles. The highest BCUT2D eigenvalue weighted by Crippen LogP contribution is 2.23. The van der Waals surface area contributed by atoms with E-state index in [4.69, 9.17) is 0 Å². The van der Waals surface area contributed by atoms with E-state index < -0.39 is 6.61 Å². The summed E-state index contributed by atoms with van der Waals surface area (Å²) in [5.74, 6) is -0.341. The zero-order valence-corrected chi connectivity index (χ0v) is 14.7. The molecular weight excluding hydrogens is 338 g/mol. The molecule has 1 amide bonds. The minimum absolute atomic E-state index is 0.0742. The van der Waals surface area contributed by atoms with Crippen LogP contribution < -0.4 is 4.74 Å². The van der Waals surface area contributed by atoms with E-state index in [9.17, 15) is 13.6 Å². The number of benzene rings is 2. The normalized spacial score (nSPS) is 15.3. The van der Waals surface area contributed by atoms with E-state index in [1.54, 1.807) is 17.0 Å². The molecule has 0 unspecified atom stereocenters. The summed E-state index contributed by atoms with van der Waals surface area (Å²) in [6.07, 6.45) is 0. The molecule has 0 saturated carbocycles. The van der Waals surface area contributed by atoms with Gasteiger partial charge in [0, 0.05) is 32.7 Å². The number of ether oxygens (including phenoxy) is 1. The molecule has 0 radical (unpaired) electrons. The Bertz CT molecular complexity index is 759. The molecule has 4 nitrogen and oxygen atoms in total. The van der Waals surface area contributed by atoms with E-state index in [-0.39, 0.29) is 17.2 Å². The molecule has 2 aromatic carbocycles. The van der Waals surface area contributed by atoms with Crippen molar-refractivity contribution in [2.24, 2.45) is 0 Å². The first-order chi connectivity index (χ1) is 12.5. The van der Waals surface area contributed by atoms with Crippen LogP contribution in [0.15, 0.2) is 48.5 Å². The Morgan fingerprint density at radius 3 is 2.38 bits per heavy atom. The van der Waals surface area contributed by atoms with E-state index in [2.05, 4.69) is 28.7 Å². The first-order valence-corrected chi connectivity index (χ1v) is 8.64. The van der Waals surface area contributed by atoms with Crippen LogP contribution in [-0.2, 0) is 6.54 Å². The van der Waals surface area contributed by atoms with E-state index in [1.807, 2.05) is 12.1 Å². The smallest absolute Gasteiger partial charge is 0.387 e. The van der Waals surface area contributed by atoms with Crippen molar-refractivity contribution >= 4 is 5.91 Å². The van der Waals surface area contributed by atoms with Crippen LogP contribution >= 0.6 is 0 Å². The number of para-hydroxylation sites is 1. The molecule has 1 heterocycles. The number of hydrogen-bond donors (Lipinski definition) is 0. The van der Waals surface area contributed by atoms with Crippen molar-refractivity contribution in [2.45, 2.75) is 20.1 Å². The van der Waals surface area contributed by atoms with Gasteiger partial charge in [0.05, 0.1) is 5.56 Å². The van der Waals surface area contributed by atoms with Crippen LogP contribution in [0.1, 0.15) is 21.5 Å². The van der Waals surface area contributed by atoms with Crippen molar-refractivity contribution in [3.8, 4) is 5.75 Å².